The summed E-state index contributed by atoms with van der Waals surface area (Å²) < 4.78 is 5.93. The first-order chi connectivity index (χ1) is 12.0. The molecule has 1 aliphatic heterocycles. The van der Waals surface area contributed by atoms with Crippen molar-refractivity contribution >= 4 is 5.95 Å². The average molecular weight is 340 g/mol. The third kappa shape index (κ3) is 3.56. The van der Waals surface area contributed by atoms with E-state index in [2.05, 4.69) is 40.1 Å². The highest BCUT2D eigenvalue weighted by atomic mass is 16.3. The Balaban J connectivity index is 1.44. The molecule has 2 aliphatic rings. The summed E-state index contributed by atoms with van der Waals surface area (Å²) in [7, 11) is 0. The largest absolute Gasteiger partial charge is 0.466 e. The molecule has 5 nitrogen and oxygen atoms in total. The SMILES string of the molecule is Cc1cc2c(o1)CC(C)(C)CC2NCc1cnc(N2CCCC2)nc1. The van der Waals surface area contributed by atoms with Gasteiger partial charge in [0.15, 0.2) is 0 Å². The number of anilines is 1. The van der Waals surface area contributed by atoms with Crippen molar-refractivity contribution in [3.63, 3.8) is 0 Å². The van der Waals surface area contributed by atoms with Crippen LogP contribution in [0.2, 0.25) is 0 Å². The van der Waals surface area contributed by atoms with Crippen LogP contribution in [0.25, 0.3) is 0 Å². The van der Waals surface area contributed by atoms with Gasteiger partial charge >= 0.3 is 0 Å². The van der Waals surface area contributed by atoms with Gasteiger partial charge in [-0.2, -0.15) is 0 Å². The van der Waals surface area contributed by atoms with Crippen LogP contribution in [-0.4, -0.2) is 23.1 Å². The van der Waals surface area contributed by atoms with Gasteiger partial charge < -0.3 is 14.6 Å². The quantitative estimate of drug-likeness (QED) is 0.918. The molecule has 1 aliphatic carbocycles. The monoisotopic (exact) mass is 340 g/mol. The lowest BCUT2D eigenvalue weighted by molar-refractivity contribution is 0.233. The normalized spacial score (nSPS) is 22.2. The molecular formula is C20H28N4O. The molecule has 0 amide bonds. The molecule has 0 spiro atoms. The third-order valence-electron chi connectivity index (χ3n) is 5.37. The minimum absolute atomic E-state index is 0.255. The summed E-state index contributed by atoms with van der Waals surface area (Å²) in [5.41, 5.74) is 2.71. The smallest absolute Gasteiger partial charge is 0.225 e. The van der Waals surface area contributed by atoms with E-state index < -0.39 is 0 Å². The fraction of sp³-hybridized carbons (Fsp3) is 0.600. The van der Waals surface area contributed by atoms with Crippen LogP contribution in [0.1, 0.15) is 61.8 Å². The molecule has 1 fully saturated rings. The van der Waals surface area contributed by atoms with Crippen LogP contribution in [0.5, 0.6) is 0 Å². The zero-order valence-electron chi connectivity index (χ0n) is 15.5. The van der Waals surface area contributed by atoms with Gasteiger partial charge in [0.25, 0.3) is 0 Å². The first kappa shape index (κ1) is 16.6. The van der Waals surface area contributed by atoms with E-state index in [0.29, 0.717) is 6.04 Å². The minimum Gasteiger partial charge on any atom is -0.466 e. The number of nitrogens with one attached hydrogen (secondary N) is 1. The Morgan fingerprint density at radius 2 is 1.96 bits per heavy atom. The maximum atomic E-state index is 5.93. The van der Waals surface area contributed by atoms with Crippen LogP contribution < -0.4 is 10.2 Å². The zero-order valence-corrected chi connectivity index (χ0v) is 15.5. The molecular weight excluding hydrogens is 312 g/mol. The molecule has 0 aromatic carbocycles. The van der Waals surface area contributed by atoms with Crippen molar-refractivity contribution in [3.05, 3.63) is 41.1 Å². The van der Waals surface area contributed by atoms with Crippen molar-refractivity contribution in [3.8, 4) is 0 Å². The van der Waals surface area contributed by atoms with Gasteiger partial charge in [-0.3, -0.25) is 0 Å². The first-order valence-corrected chi connectivity index (χ1v) is 9.39. The number of aromatic nitrogens is 2. The lowest BCUT2D eigenvalue weighted by atomic mass is 9.74. The lowest BCUT2D eigenvalue weighted by Gasteiger charge is -2.34. The number of rotatable bonds is 4. The van der Waals surface area contributed by atoms with Crippen molar-refractivity contribution in [2.24, 2.45) is 5.41 Å². The number of nitrogens with zero attached hydrogens (tertiary/aromatic N) is 3. The van der Waals surface area contributed by atoms with Gasteiger partial charge in [-0.1, -0.05) is 13.8 Å². The van der Waals surface area contributed by atoms with E-state index in [-0.39, 0.29) is 5.41 Å². The molecule has 0 bridgehead atoms. The van der Waals surface area contributed by atoms with E-state index in [1.165, 1.54) is 18.4 Å². The Labute approximate surface area is 149 Å². The molecule has 0 saturated carbocycles. The van der Waals surface area contributed by atoms with Gasteiger partial charge in [0, 0.05) is 55.6 Å². The van der Waals surface area contributed by atoms with Gasteiger partial charge in [0.05, 0.1) is 0 Å². The summed E-state index contributed by atoms with van der Waals surface area (Å²) in [6.45, 7) is 9.61. The summed E-state index contributed by atoms with van der Waals surface area (Å²) in [4.78, 5) is 11.4. The molecule has 1 unspecified atom stereocenters. The Kier molecular flexibility index (Phi) is 4.28. The minimum atomic E-state index is 0.255. The van der Waals surface area contributed by atoms with E-state index >= 15 is 0 Å². The molecule has 1 N–H and O–H groups in total. The Morgan fingerprint density at radius 3 is 2.68 bits per heavy atom. The Morgan fingerprint density at radius 1 is 1.24 bits per heavy atom. The van der Waals surface area contributed by atoms with Gasteiger partial charge in [-0.25, -0.2) is 9.97 Å². The van der Waals surface area contributed by atoms with Crippen molar-refractivity contribution in [2.75, 3.05) is 18.0 Å². The van der Waals surface area contributed by atoms with E-state index in [0.717, 1.165) is 55.5 Å². The van der Waals surface area contributed by atoms with Crippen LogP contribution in [0, 0.1) is 12.3 Å². The highest BCUT2D eigenvalue weighted by molar-refractivity contribution is 5.32. The van der Waals surface area contributed by atoms with Gasteiger partial charge in [-0.05, 0) is 37.7 Å². The number of fused-ring (bicyclic) bond motifs is 1. The number of hydrogen-bond acceptors (Lipinski definition) is 5. The second-order valence-electron chi connectivity index (χ2n) is 8.30. The van der Waals surface area contributed by atoms with Crippen molar-refractivity contribution in [1.82, 2.24) is 15.3 Å². The van der Waals surface area contributed by atoms with Gasteiger partial charge in [0.2, 0.25) is 5.95 Å². The van der Waals surface area contributed by atoms with Crippen molar-refractivity contribution in [1.29, 1.82) is 0 Å². The molecule has 2 aromatic rings. The van der Waals surface area contributed by atoms with E-state index in [9.17, 15) is 0 Å². The van der Waals surface area contributed by atoms with Crippen LogP contribution in [0.4, 0.5) is 5.95 Å². The van der Waals surface area contributed by atoms with Crippen molar-refractivity contribution in [2.45, 2.75) is 59.0 Å². The van der Waals surface area contributed by atoms with Gasteiger partial charge in [0.1, 0.15) is 11.5 Å². The highest BCUT2D eigenvalue weighted by Crippen LogP contribution is 2.42. The molecule has 1 atom stereocenters. The predicted octanol–water partition coefficient (Wildman–Crippen LogP) is 3.78. The van der Waals surface area contributed by atoms with Crippen LogP contribution in [0.3, 0.4) is 0 Å². The highest BCUT2D eigenvalue weighted by Gasteiger charge is 2.34. The van der Waals surface area contributed by atoms with E-state index in [1.807, 2.05) is 19.3 Å². The molecule has 25 heavy (non-hydrogen) atoms. The third-order valence-corrected chi connectivity index (χ3v) is 5.37. The first-order valence-electron chi connectivity index (χ1n) is 9.39. The maximum Gasteiger partial charge on any atom is 0.225 e. The van der Waals surface area contributed by atoms with Crippen molar-refractivity contribution < 1.29 is 4.42 Å². The lowest BCUT2D eigenvalue weighted by Crippen LogP contribution is -2.32. The summed E-state index contributed by atoms with van der Waals surface area (Å²) in [6.07, 6.45) is 8.55. The maximum absolute atomic E-state index is 5.93. The summed E-state index contributed by atoms with van der Waals surface area (Å²) >= 11 is 0. The fourth-order valence-corrected chi connectivity index (χ4v) is 4.13. The zero-order chi connectivity index (χ0) is 17.4. The Bertz CT molecular complexity index is 729. The number of hydrogen-bond donors (Lipinski definition) is 1. The Hall–Kier alpha value is -1.88. The fourth-order valence-electron chi connectivity index (χ4n) is 4.13. The van der Waals surface area contributed by atoms with Crippen LogP contribution in [-0.2, 0) is 13.0 Å². The van der Waals surface area contributed by atoms with Gasteiger partial charge in [-0.15, -0.1) is 0 Å². The van der Waals surface area contributed by atoms with Crippen LogP contribution >= 0.6 is 0 Å². The van der Waals surface area contributed by atoms with E-state index in [4.69, 9.17) is 4.42 Å². The predicted molar refractivity (Wildman–Crippen MR) is 98.6 cm³/mol. The summed E-state index contributed by atoms with van der Waals surface area (Å²) in [6, 6.07) is 2.52. The topological polar surface area (TPSA) is 54.2 Å². The molecule has 1 saturated heterocycles. The standard InChI is InChI=1S/C20H28N4O/c1-14-8-16-17(9-20(2,3)10-18(16)25-14)21-11-15-12-22-19(23-13-15)24-6-4-5-7-24/h8,12-13,17,21H,4-7,9-11H2,1-3H3. The van der Waals surface area contributed by atoms with E-state index in [1.54, 1.807) is 0 Å². The summed E-state index contributed by atoms with van der Waals surface area (Å²) in [5.74, 6) is 3.02. The number of furan rings is 1. The summed E-state index contributed by atoms with van der Waals surface area (Å²) in [5, 5.41) is 3.70. The second-order valence-corrected chi connectivity index (χ2v) is 8.30. The second kappa shape index (κ2) is 6.45. The van der Waals surface area contributed by atoms with Crippen LogP contribution in [0.15, 0.2) is 22.9 Å². The molecule has 4 rings (SSSR count). The molecule has 3 heterocycles. The number of aryl methyl sites for hydroxylation is 1. The molecule has 5 heteroatoms. The molecule has 134 valence electrons. The molecule has 0 radical (unpaired) electrons. The molecule has 2 aromatic heterocycles. The average Bonchev–Trinajstić information content (AvgIpc) is 3.21.